The molecule has 1 aliphatic rings. The Morgan fingerprint density at radius 1 is 1.33 bits per heavy atom. The predicted octanol–water partition coefficient (Wildman–Crippen LogP) is 2.25. The first-order chi connectivity index (χ1) is 11.8. The van der Waals surface area contributed by atoms with Gasteiger partial charge < -0.3 is 15.0 Å². The van der Waals surface area contributed by atoms with Crippen molar-refractivity contribution in [1.82, 2.24) is 20.0 Å². The van der Waals surface area contributed by atoms with Crippen LogP contribution in [0.15, 0.2) is 42.7 Å². The number of hydrogen-bond donors (Lipinski definition) is 1. The van der Waals surface area contributed by atoms with E-state index in [1.807, 2.05) is 23.9 Å². The van der Waals surface area contributed by atoms with Gasteiger partial charge in [-0.05, 0) is 30.5 Å². The van der Waals surface area contributed by atoms with Gasteiger partial charge in [0.2, 0.25) is 0 Å². The highest BCUT2D eigenvalue weighted by atomic mass is 16.6. The van der Waals surface area contributed by atoms with Gasteiger partial charge in [-0.1, -0.05) is 24.3 Å². The minimum atomic E-state index is -0.208. The van der Waals surface area contributed by atoms with Crippen molar-refractivity contribution >= 4 is 6.09 Å². The van der Waals surface area contributed by atoms with Gasteiger partial charge in [0.1, 0.15) is 0 Å². The number of aromatic nitrogens is 2. The number of carbonyl (C=O) groups excluding carboxylic acids is 1. The van der Waals surface area contributed by atoms with Gasteiger partial charge in [0, 0.05) is 38.1 Å². The summed E-state index contributed by atoms with van der Waals surface area (Å²) in [5.41, 5.74) is 2.52. The van der Waals surface area contributed by atoms with Crippen LogP contribution < -0.4 is 5.32 Å². The van der Waals surface area contributed by atoms with Crippen LogP contribution >= 0.6 is 0 Å². The summed E-state index contributed by atoms with van der Waals surface area (Å²) in [4.78, 5) is 13.5. The monoisotopic (exact) mass is 328 g/mol. The Kier molecular flexibility index (Phi) is 5.48. The van der Waals surface area contributed by atoms with Crippen molar-refractivity contribution in [2.24, 2.45) is 0 Å². The number of carbonyl (C=O) groups is 1. The van der Waals surface area contributed by atoms with Crippen molar-refractivity contribution in [3.8, 4) is 0 Å². The molecule has 0 radical (unpaired) electrons. The Balaban J connectivity index is 1.55. The van der Waals surface area contributed by atoms with Gasteiger partial charge in [-0.2, -0.15) is 5.10 Å². The van der Waals surface area contributed by atoms with Crippen LogP contribution in [0.2, 0.25) is 0 Å². The van der Waals surface area contributed by atoms with Crippen LogP contribution in [0.1, 0.15) is 24.5 Å². The maximum atomic E-state index is 11.8. The molecular formula is C18H24N4O2. The molecule has 1 aromatic carbocycles. The van der Waals surface area contributed by atoms with Crippen molar-refractivity contribution in [3.63, 3.8) is 0 Å². The molecule has 1 amide bonds. The van der Waals surface area contributed by atoms with E-state index in [9.17, 15) is 4.79 Å². The Bertz CT molecular complexity index is 657. The molecule has 1 atom stereocenters. The van der Waals surface area contributed by atoms with Crippen molar-refractivity contribution in [2.75, 3.05) is 19.7 Å². The highest BCUT2D eigenvalue weighted by Crippen LogP contribution is 2.14. The first-order valence-corrected chi connectivity index (χ1v) is 8.45. The first-order valence-electron chi connectivity index (χ1n) is 8.45. The molecule has 2 aromatic rings. The van der Waals surface area contributed by atoms with Gasteiger partial charge in [0.05, 0.1) is 13.2 Å². The lowest BCUT2D eigenvalue weighted by Gasteiger charge is -2.17. The topological polar surface area (TPSA) is 59.4 Å². The molecule has 0 aliphatic carbocycles. The predicted molar refractivity (Wildman–Crippen MR) is 91.6 cm³/mol. The molecule has 0 unspecified atom stereocenters. The molecule has 1 fully saturated rings. The average molecular weight is 328 g/mol. The van der Waals surface area contributed by atoms with Gasteiger partial charge in [-0.25, -0.2) is 4.79 Å². The summed E-state index contributed by atoms with van der Waals surface area (Å²) >= 11 is 0. The van der Waals surface area contributed by atoms with E-state index in [0.29, 0.717) is 19.2 Å². The van der Waals surface area contributed by atoms with E-state index in [1.54, 1.807) is 11.1 Å². The zero-order valence-corrected chi connectivity index (χ0v) is 14.0. The molecule has 1 aliphatic heterocycles. The lowest BCUT2D eigenvalue weighted by atomic mass is 10.1. The SMILES string of the molecule is CCOC(=O)N1CC[C@@H](NCc2ccccc2Cn2cccn2)C1. The van der Waals surface area contributed by atoms with Gasteiger partial charge in [-0.3, -0.25) is 4.68 Å². The van der Waals surface area contributed by atoms with Gasteiger partial charge >= 0.3 is 6.09 Å². The van der Waals surface area contributed by atoms with E-state index in [4.69, 9.17) is 4.74 Å². The van der Waals surface area contributed by atoms with E-state index in [1.165, 1.54) is 11.1 Å². The number of nitrogens with zero attached hydrogens (tertiary/aromatic N) is 3. The number of likely N-dealkylation sites (tertiary alicyclic amines) is 1. The Morgan fingerprint density at radius 3 is 2.92 bits per heavy atom. The van der Waals surface area contributed by atoms with Crippen molar-refractivity contribution < 1.29 is 9.53 Å². The number of benzene rings is 1. The van der Waals surface area contributed by atoms with Crippen LogP contribution in [0.4, 0.5) is 4.79 Å². The summed E-state index contributed by atoms with van der Waals surface area (Å²) in [6.07, 6.45) is 4.52. The second-order valence-electron chi connectivity index (χ2n) is 5.98. The standard InChI is InChI=1S/C18H24N4O2/c1-2-24-18(23)21-11-8-17(14-21)19-12-15-6-3-4-7-16(15)13-22-10-5-9-20-22/h3-7,9-10,17,19H,2,8,11-14H2,1H3/t17-/m1/s1. The second-order valence-corrected chi connectivity index (χ2v) is 5.98. The lowest BCUT2D eigenvalue weighted by molar-refractivity contribution is 0.115. The van der Waals surface area contributed by atoms with Crippen molar-refractivity contribution in [1.29, 1.82) is 0 Å². The van der Waals surface area contributed by atoms with Crippen LogP contribution in [0, 0.1) is 0 Å². The van der Waals surface area contributed by atoms with Crippen molar-refractivity contribution in [2.45, 2.75) is 32.5 Å². The van der Waals surface area contributed by atoms with E-state index in [0.717, 1.165) is 26.1 Å². The Morgan fingerprint density at radius 2 is 2.17 bits per heavy atom. The number of amides is 1. The molecule has 6 nitrogen and oxygen atoms in total. The third kappa shape index (κ3) is 4.14. The first kappa shape index (κ1) is 16.5. The molecule has 24 heavy (non-hydrogen) atoms. The number of ether oxygens (including phenoxy) is 1. The fourth-order valence-electron chi connectivity index (χ4n) is 3.01. The quantitative estimate of drug-likeness (QED) is 0.883. The summed E-state index contributed by atoms with van der Waals surface area (Å²) < 4.78 is 6.99. The fourth-order valence-corrected chi connectivity index (χ4v) is 3.01. The van der Waals surface area contributed by atoms with Crippen LogP contribution in [-0.2, 0) is 17.8 Å². The van der Waals surface area contributed by atoms with Gasteiger partial charge in [-0.15, -0.1) is 0 Å². The van der Waals surface area contributed by atoms with Crippen LogP contribution in [0.25, 0.3) is 0 Å². The minimum absolute atomic E-state index is 0.208. The summed E-state index contributed by atoms with van der Waals surface area (Å²) in [5, 5.41) is 7.84. The van der Waals surface area contributed by atoms with Gasteiger partial charge in [0.25, 0.3) is 0 Å². The number of rotatable bonds is 6. The molecule has 0 bridgehead atoms. The maximum Gasteiger partial charge on any atom is 0.409 e. The molecular weight excluding hydrogens is 304 g/mol. The van der Waals surface area contributed by atoms with Crippen LogP contribution in [-0.4, -0.2) is 46.5 Å². The van der Waals surface area contributed by atoms with E-state index >= 15 is 0 Å². The smallest absolute Gasteiger partial charge is 0.409 e. The lowest BCUT2D eigenvalue weighted by Crippen LogP contribution is -2.35. The van der Waals surface area contributed by atoms with Crippen molar-refractivity contribution in [3.05, 3.63) is 53.9 Å². The molecule has 1 saturated heterocycles. The third-order valence-electron chi connectivity index (χ3n) is 4.31. The number of hydrogen-bond acceptors (Lipinski definition) is 4. The Labute approximate surface area is 142 Å². The molecule has 0 spiro atoms. The van der Waals surface area contributed by atoms with E-state index in [2.05, 4.69) is 34.7 Å². The van der Waals surface area contributed by atoms with E-state index in [-0.39, 0.29) is 6.09 Å². The molecule has 3 rings (SSSR count). The summed E-state index contributed by atoms with van der Waals surface area (Å²) in [7, 11) is 0. The van der Waals surface area contributed by atoms with Gasteiger partial charge in [0.15, 0.2) is 0 Å². The summed E-state index contributed by atoms with van der Waals surface area (Å²) in [6, 6.07) is 10.6. The molecule has 2 heterocycles. The number of nitrogens with one attached hydrogen (secondary N) is 1. The molecule has 128 valence electrons. The molecule has 1 aromatic heterocycles. The maximum absolute atomic E-state index is 11.8. The van der Waals surface area contributed by atoms with E-state index < -0.39 is 0 Å². The average Bonchev–Trinajstić information content (AvgIpc) is 3.26. The summed E-state index contributed by atoms with van der Waals surface area (Å²) in [5.74, 6) is 0. The van der Waals surface area contributed by atoms with Crippen LogP contribution in [0.5, 0.6) is 0 Å². The molecule has 0 saturated carbocycles. The molecule has 1 N–H and O–H groups in total. The zero-order chi connectivity index (χ0) is 16.8. The highest BCUT2D eigenvalue weighted by molar-refractivity contribution is 5.68. The highest BCUT2D eigenvalue weighted by Gasteiger charge is 2.26. The normalized spacial score (nSPS) is 17.2. The molecule has 6 heteroatoms. The Hall–Kier alpha value is -2.34. The third-order valence-corrected chi connectivity index (χ3v) is 4.31. The van der Waals surface area contributed by atoms with Crippen LogP contribution in [0.3, 0.4) is 0 Å². The summed E-state index contributed by atoms with van der Waals surface area (Å²) in [6.45, 7) is 5.28. The fraction of sp³-hybridized carbons (Fsp3) is 0.444. The minimum Gasteiger partial charge on any atom is -0.450 e. The second kappa shape index (κ2) is 7.97. The zero-order valence-electron chi connectivity index (χ0n) is 14.0. The largest absolute Gasteiger partial charge is 0.450 e.